The number of ketones is 2. The first-order valence-electron chi connectivity index (χ1n) is 22.8. The van der Waals surface area contributed by atoms with Gasteiger partial charge in [0.1, 0.15) is 11.5 Å². The van der Waals surface area contributed by atoms with E-state index in [1.54, 1.807) is 13.8 Å². The number of phenols is 2. The Hall–Kier alpha value is -7.98. The highest BCUT2D eigenvalue weighted by atomic mass is 16.3. The fraction of sp³-hybridized carbons (Fsp3) is 0.207. The molecule has 68 heavy (non-hydrogen) atoms. The van der Waals surface area contributed by atoms with Gasteiger partial charge < -0.3 is 42.5 Å². The molecule has 0 spiro atoms. The Morgan fingerprint density at radius 2 is 0.765 bits per heavy atom. The lowest BCUT2D eigenvalue weighted by Crippen LogP contribution is -2.20. The van der Waals surface area contributed by atoms with Crippen molar-refractivity contribution in [2.24, 2.45) is 11.8 Å². The van der Waals surface area contributed by atoms with Gasteiger partial charge in [-0.3, -0.25) is 9.59 Å². The van der Waals surface area contributed by atoms with Crippen molar-refractivity contribution in [2.75, 3.05) is 22.1 Å². The van der Waals surface area contributed by atoms with Crippen LogP contribution in [0.25, 0.3) is 55.7 Å². The molecule has 2 aliphatic carbocycles. The maximum absolute atomic E-state index is 14.3. The number of Topliss-reactive ketones (excluding diaryl/α,β-unsaturated/α-hetero) is 2. The summed E-state index contributed by atoms with van der Waals surface area (Å²) < 4.78 is 0. The third kappa shape index (κ3) is 7.95. The smallest absolute Gasteiger partial charge is 0.229 e. The molecule has 0 fully saturated rings. The van der Waals surface area contributed by atoms with Crippen LogP contribution in [0.5, 0.6) is 11.5 Å². The SMILES string of the molecule is Cc1cc(-c2ccc(NC=C3C(=O)C(O)=C(C(C)C)c4cc(C)c(-c5c(C)cc6c(c5O)/C(=C/Nc5ccc(-c7ccc(N)c(C)c7)cc5C)C(=O)C(O)=C6C(C)C)c(O)c43)c(C)c2)ccc1N. The van der Waals surface area contributed by atoms with Crippen LogP contribution in [-0.2, 0) is 9.59 Å². The standard InChI is InChI=1S/C58H58N4O6/c1-27(2)47-39-23-33(9)49(55(65)51(39)41(53(63)57(47)67)25-61-45-17-13-37(21-31(45)7)35-11-15-43(59)29(5)19-35)50-34(10)24-40-48(28(3)4)58(68)54(64)42(52(40)56(50)66)26-62-46-18-14-38(22-32(46)8)36-12-16-44(60)30(6)20-36/h11-28,61-62,65-68H,59-60H2,1-10H3/b41-25-,42-26?. The van der Waals surface area contributed by atoms with Crippen molar-refractivity contribution in [2.45, 2.75) is 69.2 Å². The minimum atomic E-state index is -0.673. The van der Waals surface area contributed by atoms with Gasteiger partial charge in [0.05, 0.1) is 11.1 Å². The Bertz CT molecular complexity index is 3070. The van der Waals surface area contributed by atoms with Crippen LogP contribution in [0.3, 0.4) is 0 Å². The molecule has 2 aliphatic rings. The van der Waals surface area contributed by atoms with E-state index in [0.29, 0.717) is 56.1 Å². The Kier molecular flexibility index (Phi) is 12.1. The fourth-order valence-electron chi connectivity index (χ4n) is 9.65. The van der Waals surface area contributed by atoms with Crippen LogP contribution in [0.15, 0.2) is 109 Å². The van der Waals surface area contributed by atoms with Gasteiger partial charge in [-0.1, -0.05) is 64.1 Å². The van der Waals surface area contributed by atoms with Crippen LogP contribution in [0.2, 0.25) is 0 Å². The summed E-state index contributed by atoms with van der Waals surface area (Å²) in [4.78, 5) is 28.6. The van der Waals surface area contributed by atoms with Crippen LogP contribution < -0.4 is 22.1 Å². The van der Waals surface area contributed by atoms with E-state index in [9.17, 15) is 30.0 Å². The lowest BCUT2D eigenvalue weighted by molar-refractivity contribution is -0.113. The molecule has 0 unspecified atom stereocenters. The number of hydrogen-bond donors (Lipinski definition) is 8. The Morgan fingerprint density at radius 3 is 1.07 bits per heavy atom. The number of allylic oxidation sites excluding steroid dienone is 4. The van der Waals surface area contributed by atoms with E-state index in [2.05, 4.69) is 10.6 Å². The average Bonchev–Trinajstić information content (AvgIpc) is 3.27. The number of carbonyl (C=O) groups is 2. The number of nitrogen functional groups attached to an aromatic ring is 2. The normalized spacial score (nSPS) is 14.9. The predicted molar refractivity (Wildman–Crippen MR) is 278 cm³/mol. The third-order valence-corrected chi connectivity index (χ3v) is 13.4. The zero-order chi connectivity index (χ0) is 49.2. The van der Waals surface area contributed by atoms with Crippen LogP contribution in [0, 0.1) is 53.4 Å². The Morgan fingerprint density at radius 1 is 0.441 bits per heavy atom. The summed E-state index contributed by atoms with van der Waals surface area (Å²) in [5.41, 5.74) is 26.4. The lowest BCUT2D eigenvalue weighted by atomic mass is 9.75. The van der Waals surface area contributed by atoms with E-state index in [4.69, 9.17) is 11.5 Å². The van der Waals surface area contributed by atoms with Gasteiger partial charge in [-0.25, -0.2) is 0 Å². The molecule has 0 bridgehead atoms. The highest BCUT2D eigenvalue weighted by Gasteiger charge is 2.38. The minimum Gasteiger partial charge on any atom is -0.507 e. The molecule has 6 aromatic carbocycles. The van der Waals surface area contributed by atoms with Gasteiger partial charge in [0.25, 0.3) is 0 Å². The molecule has 10 heteroatoms. The van der Waals surface area contributed by atoms with Crippen molar-refractivity contribution in [3.8, 4) is 44.9 Å². The van der Waals surface area contributed by atoms with Crippen molar-refractivity contribution in [1.82, 2.24) is 0 Å². The van der Waals surface area contributed by atoms with E-state index in [1.165, 1.54) is 12.4 Å². The molecule has 0 amide bonds. The molecule has 346 valence electrons. The maximum atomic E-state index is 14.3. The highest BCUT2D eigenvalue weighted by molar-refractivity contribution is 6.35. The summed E-state index contributed by atoms with van der Waals surface area (Å²) in [6.45, 7) is 18.9. The lowest BCUT2D eigenvalue weighted by Gasteiger charge is -2.29. The average molecular weight is 907 g/mol. The number of phenolic OH excluding ortho intramolecular Hbond substituents is 2. The van der Waals surface area contributed by atoms with Crippen LogP contribution in [-0.4, -0.2) is 32.0 Å². The number of nitrogens with two attached hydrogens (primary N) is 2. The Labute approximate surface area is 397 Å². The number of anilines is 4. The van der Waals surface area contributed by atoms with Gasteiger partial charge in [0, 0.05) is 68.5 Å². The molecule has 0 radical (unpaired) electrons. The zero-order valence-electron chi connectivity index (χ0n) is 40.2. The quantitative estimate of drug-likeness (QED) is 0.0512. The number of rotatable bonds is 9. The number of aliphatic hydroxyl groups is 2. The van der Waals surface area contributed by atoms with Crippen LogP contribution >= 0.6 is 0 Å². The number of fused-ring (bicyclic) bond motifs is 2. The second kappa shape index (κ2) is 17.7. The first-order chi connectivity index (χ1) is 32.2. The molecule has 0 aromatic heterocycles. The molecular weight excluding hydrogens is 849 g/mol. The van der Waals surface area contributed by atoms with Crippen molar-refractivity contribution in [3.63, 3.8) is 0 Å². The molecule has 6 aromatic rings. The number of hydrogen-bond acceptors (Lipinski definition) is 10. The second-order valence-electron chi connectivity index (χ2n) is 18.8. The monoisotopic (exact) mass is 906 g/mol. The summed E-state index contributed by atoms with van der Waals surface area (Å²) in [6.07, 6.45) is 3.00. The Balaban J connectivity index is 1.26. The van der Waals surface area contributed by atoms with E-state index in [1.807, 2.05) is 140 Å². The van der Waals surface area contributed by atoms with Gasteiger partial charge in [-0.2, -0.15) is 0 Å². The molecule has 0 heterocycles. The fourth-order valence-corrected chi connectivity index (χ4v) is 9.65. The first-order valence-corrected chi connectivity index (χ1v) is 22.8. The molecule has 0 saturated heterocycles. The van der Waals surface area contributed by atoms with Crippen molar-refractivity contribution in [3.05, 3.63) is 164 Å². The summed E-state index contributed by atoms with van der Waals surface area (Å²) in [7, 11) is 0. The van der Waals surface area contributed by atoms with E-state index in [-0.39, 0.29) is 56.7 Å². The summed E-state index contributed by atoms with van der Waals surface area (Å²) in [6, 6.07) is 27.2. The van der Waals surface area contributed by atoms with E-state index >= 15 is 0 Å². The third-order valence-electron chi connectivity index (χ3n) is 13.4. The number of benzene rings is 6. The number of aliphatic hydroxyl groups excluding tert-OH is 2. The van der Waals surface area contributed by atoms with Gasteiger partial charge >= 0.3 is 0 Å². The number of aromatic hydroxyl groups is 2. The highest BCUT2D eigenvalue weighted by Crippen LogP contribution is 2.54. The van der Waals surface area contributed by atoms with E-state index < -0.39 is 23.1 Å². The summed E-state index contributed by atoms with van der Waals surface area (Å²) >= 11 is 0. The number of nitrogens with one attached hydrogen (secondary N) is 2. The van der Waals surface area contributed by atoms with E-state index in [0.717, 1.165) is 44.5 Å². The summed E-state index contributed by atoms with van der Waals surface area (Å²) in [5.74, 6) is -3.34. The van der Waals surface area contributed by atoms with Crippen molar-refractivity contribution < 1.29 is 30.0 Å². The molecule has 10 N–H and O–H groups in total. The zero-order valence-corrected chi connectivity index (χ0v) is 40.2. The van der Waals surface area contributed by atoms with Gasteiger partial charge in [0.2, 0.25) is 11.6 Å². The largest absolute Gasteiger partial charge is 0.507 e. The van der Waals surface area contributed by atoms with Gasteiger partial charge in [-0.05, 0) is 169 Å². The molecule has 0 aliphatic heterocycles. The minimum absolute atomic E-state index is 0.0243. The molecule has 10 nitrogen and oxygen atoms in total. The van der Waals surface area contributed by atoms with Crippen LogP contribution in [0.1, 0.15) is 83.3 Å². The topological polar surface area (TPSA) is 191 Å². The van der Waals surface area contributed by atoms with Gasteiger partial charge in [0.15, 0.2) is 11.5 Å². The molecule has 0 saturated carbocycles. The first kappa shape index (κ1) is 46.5. The number of aryl methyl sites for hydroxylation is 6. The van der Waals surface area contributed by atoms with Crippen molar-refractivity contribution in [1.29, 1.82) is 0 Å². The predicted octanol–water partition coefficient (Wildman–Crippen LogP) is 13.0. The van der Waals surface area contributed by atoms with Crippen molar-refractivity contribution >= 4 is 56.6 Å². The number of carbonyl (C=O) groups excluding carboxylic acids is 2. The molecule has 0 atom stereocenters. The van der Waals surface area contributed by atoms with Gasteiger partial charge in [-0.15, -0.1) is 0 Å². The second-order valence-corrected chi connectivity index (χ2v) is 18.8. The molecule has 8 rings (SSSR count). The maximum Gasteiger partial charge on any atom is 0.229 e. The molecular formula is C58H58N4O6. The summed E-state index contributed by atoms with van der Waals surface area (Å²) in [5, 5.41) is 54.9. The van der Waals surface area contributed by atoms with Crippen LogP contribution in [0.4, 0.5) is 22.7 Å².